The second-order valence-electron chi connectivity index (χ2n) is 5.93. The fourth-order valence-electron chi connectivity index (χ4n) is 2.86. The molecule has 0 radical (unpaired) electrons. The number of benzene rings is 2. The molecule has 3 rings (SSSR count). The Balaban J connectivity index is 1.89. The Kier molecular flexibility index (Phi) is 5.15. The van der Waals surface area contributed by atoms with E-state index in [0.717, 1.165) is 25.3 Å². The van der Waals surface area contributed by atoms with E-state index in [9.17, 15) is 17.6 Å². The van der Waals surface area contributed by atoms with Crippen LogP contribution in [0, 0.1) is 5.82 Å². The van der Waals surface area contributed by atoms with Crippen molar-refractivity contribution >= 4 is 21.6 Å². The maximum Gasteiger partial charge on any atom is 0.255 e. The van der Waals surface area contributed by atoms with Crippen LogP contribution in [-0.4, -0.2) is 31.7 Å². The number of carbonyl (C=O) groups excluding carboxylic acids is 1. The Morgan fingerprint density at radius 3 is 2.44 bits per heavy atom. The lowest BCUT2D eigenvalue weighted by molar-refractivity contribution is 0.102. The molecule has 0 unspecified atom stereocenters. The Morgan fingerprint density at radius 2 is 1.72 bits per heavy atom. The van der Waals surface area contributed by atoms with E-state index in [4.69, 9.17) is 0 Å². The number of halogens is 1. The van der Waals surface area contributed by atoms with Gasteiger partial charge in [-0.1, -0.05) is 24.6 Å². The van der Waals surface area contributed by atoms with E-state index in [1.54, 1.807) is 12.1 Å². The van der Waals surface area contributed by atoms with Crippen molar-refractivity contribution in [2.45, 2.75) is 24.2 Å². The Hall–Kier alpha value is -2.25. The molecule has 2 aromatic rings. The van der Waals surface area contributed by atoms with Crippen LogP contribution >= 0.6 is 0 Å². The van der Waals surface area contributed by atoms with E-state index in [-0.39, 0.29) is 16.1 Å². The average molecular weight is 362 g/mol. The number of nitrogens with zero attached hydrogens (tertiary/aromatic N) is 1. The largest absolute Gasteiger partial charge is 0.321 e. The maximum atomic E-state index is 13.3. The van der Waals surface area contributed by atoms with E-state index >= 15 is 0 Å². The lowest BCUT2D eigenvalue weighted by Crippen LogP contribution is -2.36. The number of hydrogen-bond donors (Lipinski definition) is 1. The number of hydrogen-bond acceptors (Lipinski definition) is 3. The first-order chi connectivity index (χ1) is 12.0. The number of piperidine rings is 1. The molecule has 0 spiro atoms. The van der Waals surface area contributed by atoms with Gasteiger partial charge < -0.3 is 5.32 Å². The minimum Gasteiger partial charge on any atom is -0.321 e. The van der Waals surface area contributed by atoms with Crippen LogP contribution in [0.2, 0.25) is 0 Å². The molecule has 5 nitrogen and oxygen atoms in total. The van der Waals surface area contributed by atoms with Gasteiger partial charge in [0.2, 0.25) is 10.0 Å². The minimum absolute atomic E-state index is 0.0571. The first-order valence-electron chi connectivity index (χ1n) is 8.14. The average Bonchev–Trinajstić information content (AvgIpc) is 2.63. The van der Waals surface area contributed by atoms with Gasteiger partial charge in [0.15, 0.2) is 0 Å². The first kappa shape index (κ1) is 17.6. The molecule has 0 aliphatic carbocycles. The summed E-state index contributed by atoms with van der Waals surface area (Å²) in [5.41, 5.74) is 0.326. The zero-order chi connectivity index (χ0) is 17.9. The van der Waals surface area contributed by atoms with Crippen molar-refractivity contribution in [3.63, 3.8) is 0 Å². The van der Waals surface area contributed by atoms with E-state index < -0.39 is 21.7 Å². The van der Waals surface area contributed by atoms with Gasteiger partial charge in [-0.05, 0) is 43.2 Å². The van der Waals surface area contributed by atoms with Gasteiger partial charge in [-0.25, -0.2) is 12.8 Å². The van der Waals surface area contributed by atoms with Crippen LogP contribution in [0.1, 0.15) is 29.6 Å². The standard InChI is InChI=1S/C18H19FN2O3S/c19-15-8-6-7-14(13-15)18(22)20-16-9-2-3-10-17(16)25(23,24)21-11-4-1-5-12-21/h2-3,6-10,13H,1,4-5,11-12H2,(H,20,22). The molecule has 0 bridgehead atoms. The fourth-order valence-corrected chi connectivity index (χ4v) is 4.53. The van der Waals surface area contributed by atoms with Gasteiger partial charge in [-0.15, -0.1) is 0 Å². The van der Waals surface area contributed by atoms with Gasteiger partial charge in [0.1, 0.15) is 10.7 Å². The monoisotopic (exact) mass is 362 g/mol. The number of rotatable bonds is 4. The third-order valence-corrected chi connectivity index (χ3v) is 6.11. The van der Waals surface area contributed by atoms with E-state index in [2.05, 4.69) is 5.32 Å². The summed E-state index contributed by atoms with van der Waals surface area (Å²) in [7, 11) is -3.68. The highest BCUT2D eigenvalue weighted by Crippen LogP contribution is 2.27. The Bertz CT molecular complexity index is 877. The highest BCUT2D eigenvalue weighted by atomic mass is 32.2. The molecule has 1 N–H and O–H groups in total. The van der Waals surface area contributed by atoms with Crippen molar-refractivity contribution in [3.05, 3.63) is 59.9 Å². The third kappa shape index (κ3) is 3.88. The zero-order valence-electron chi connectivity index (χ0n) is 13.6. The predicted octanol–water partition coefficient (Wildman–Crippen LogP) is 3.25. The van der Waals surface area contributed by atoms with Gasteiger partial charge >= 0.3 is 0 Å². The Morgan fingerprint density at radius 1 is 1.00 bits per heavy atom. The molecule has 1 heterocycles. The zero-order valence-corrected chi connectivity index (χ0v) is 14.4. The lowest BCUT2D eigenvalue weighted by atomic mass is 10.2. The first-order valence-corrected chi connectivity index (χ1v) is 9.58. The van der Waals surface area contributed by atoms with E-state index in [1.807, 2.05) is 0 Å². The summed E-state index contributed by atoms with van der Waals surface area (Å²) in [6, 6.07) is 11.5. The summed E-state index contributed by atoms with van der Waals surface area (Å²) in [5.74, 6) is -1.08. The third-order valence-electron chi connectivity index (χ3n) is 4.15. The van der Waals surface area contributed by atoms with Crippen LogP contribution in [0.15, 0.2) is 53.4 Å². The van der Waals surface area contributed by atoms with Gasteiger partial charge in [0, 0.05) is 18.7 Å². The van der Waals surface area contributed by atoms with Crippen LogP contribution in [0.3, 0.4) is 0 Å². The molecule has 1 amide bonds. The normalized spacial score (nSPS) is 15.7. The van der Waals surface area contributed by atoms with Gasteiger partial charge in [0.25, 0.3) is 5.91 Å². The summed E-state index contributed by atoms with van der Waals surface area (Å²) < 4.78 is 40.5. The molecule has 7 heteroatoms. The van der Waals surface area contributed by atoms with Gasteiger partial charge in [-0.2, -0.15) is 4.31 Å². The summed E-state index contributed by atoms with van der Waals surface area (Å²) in [6.45, 7) is 0.961. The van der Waals surface area contributed by atoms with Gasteiger partial charge in [0.05, 0.1) is 5.69 Å². The molecule has 25 heavy (non-hydrogen) atoms. The van der Waals surface area contributed by atoms with Crippen LogP contribution in [0.5, 0.6) is 0 Å². The minimum atomic E-state index is -3.68. The van der Waals surface area contributed by atoms with Crippen molar-refractivity contribution < 1.29 is 17.6 Å². The lowest BCUT2D eigenvalue weighted by Gasteiger charge is -2.26. The highest BCUT2D eigenvalue weighted by molar-refractivity contribution is 7.89. The molecular formula is C18H19FN2O3S. The number of carbonyl (C=O) groups is 1. The van der Waals surface area contributed by atoms with Crippen molar-refractivity contribution in [2.75, 3.05) is 18.4 Å². The van der Waals surface area contributed by atoms with Crippen molar-refractivity contribution in [1.29, 1.82) is 0 Å². The van der Waals surface area contributed by atoms with E-state index in [0.29, 0.717) is 13.1 Å². The summed E-state index contributed by atoms with van der Waals surface area (Å²) >= 11 is 0. The van der Waals surface area contributed by atoms with Crippen LogP contribution in [0.25, 0.3) is 0 Å². The molecule has 132 valence electrons. The molecule has 1 fully saturated rings. The SMILES string of the molecule is O=C(Nc1ccccc1S(=O)(=O)N1CCCCC1)c1cccc(F)c1. The van der Waals surface area contributed by atoms with Crippen molar-refractivity contribution in [1.82, 2.24) is 4.31 Å². The highest BCUT2D eigenvalue weighted by Gasteiger charge is 2.28. The molecule has 2 aromatic carbocycles. The smallest absolute Gasteiger partial charge is 0.255 e. The van der Waals surface area contributed by atoms with Crippen LogP contribution in [0.4, 0.5) is 10.1 Å². The molecule has 0 saturated carbocycles. The predicted molar refractivity (Wildman–Crippen MR) is 93.4 cm³/mol. The molecule has 0 aromatic heterocycles. The maximum absolute atomic E-state index is 13.3. The summed E-state index contributed by atoms with van der Waals surface area (Å²) in [5, 5.41) is 2.59. The number of para-hydroxylation sites is 1. The molecule has 1 aliphatic rings. The van der Waals surface area contributed by atoms with Crippen molar-refractivity contribution in [3.8, 4) is 0 Å². The number of sulfonamides is 1. The number of amides is 1. The topological polar surface area (TPSA) is 66.5 Å². The Labute approximate surface area is 146 Å². The van der Waals surface area contributed by atoms with E-state index in [1.165, 1.54) is 34.6 Å². The van der Waals surface area contributed by atoms with Crippen LogP contribution in [-0.2, 0) is 10.0 Å². The molecule has 1 aliphatic heterocycles. The number of nitrogens with one attached hydrogen (secondary N) is 1. The fraction of sp³-hybridized carbons (Fsp3) is 0.278. The molecule has 1 saturated heterocycles. The number of anilines is 1. The quantitative estimate of drug-likeness (QED) is 0.908. The second-order valence-corrected chi connectivity index (χ2v) is 7.83. The molecular weight excluding hydrogens is 343 g/mol. The summed E-state index contributed by atoms with van der Waals surface area (Å²) in [4.78, 5) is 12.4. The van der Waals surface area contributed by atoms with Crippen molar-refractivity contribution in [2.24, 2.45) is 0 Å². The molecule has 0 atom stereocenters. The second kappa shape index (κ2) is 7.33. The van der Waals surface area contributed by atoms with Crippen LogP contribution < -0.4 is 5.32 Å². The van der Waals surface area contributed by atoms with Gasteiger partial charge in [-0.3, -0.25) is 4.79 Å². The summed E-state index contributed by atoms with van der Waals surface area (Å²) in [6.07, 6.45) is 2.68.